The topological polar surface area (TPSA) is 120 Å². The molecule has 0 saturated heterocycles. The summed E-state index contributed by atoms with van der Waals surface area (Å²) in [7, 11) is 0. The number of unbranched alkanes of at least 4 members (excludes halogenated alkanes) is 6. The predicted molar refractivity (Wildman–Crippen MR) is 170 cm³/mol. The first kappa shape index (κ1) is 48.8. The van der Waals surface area contributed by atoms with Gasteiger partial charge in [-0.1, -0.05) is 159 Å². The minimum absolute atomic E-state index is 0. The molecule has 6 unspecified atom stereocenters. The molecule has 0 aliphatic carbocycles. The third-order valence-corrected chi connectivity index (χ3v) is 8.61. The zero-order valence-electron chi connectivity index (χ0n) is 29.5. The van der Waals surface area contributed by atoms with Crippen molar-refractivity contribution in [1.82, 2.24) is 0 Å². The van der Waals surface area contributed by atoms with Gasteiger partial charge in [0.15, 0.2) is 0 Å². The monoisotopic (exact) mass is 653 g/mol. The zero-order chi connectivity index (χ0) is 32.9. The van der Waals surface area contributed by atoms with Gasteiger partial charge in [0.1, 0.15) is 0 Å². The first-order valence-corrected chi connectivity index (χ1v) is 17.5. The van der Waals surface area contributed by atoms with Gasteiger partial charge < -0.3 is 29.7 Å². The van der Waals surface area contributed by atoms with Gasteiger partial charge in [-0.3, -0.25) is 0 Å². The summed E-state index contributed by atoms with van der Waals surface area (Å²) in [5.41, 5.74) is 0. The average molecular weight is 654 g/mol. The molecule has 0 saturated carbocycles. The fourth-order valence-electron chi connectivity index (χ4n) is 5.36. The van der Waals surface area contributed by atoms with Gasteiger partial charge in [-0.2, -0.15) is 0 Å². The van der Waals surface area contributed by atoms with Crippen LogP contribution in [0.2, 0.25) is 0 Å². The van der Waals surface area contributed by atoms with E-state index in [1.165, 1.54) is 0 Å². The maximum atomic E-state index is 10.9. The molecule has 0 aromatic heterocycles. The molecule has 0 aliphatic heterocycles. The van der Waals surface area contributed by atoms with E-state index in [1.54, 1.807) is 0 Å². The molecule has 257 valence electrons. The molecule has 0 rings (SSSR count). The Kier molecular flexibility index (Phi) is 38.4. The Morgan fingerprint density at radius 3 is 0.698 bits per heavy atom. The number of hydrogen-bond acceptors (Lipinski definition) is 6. The fraction of sp³-hybridized carbons (Fsp3) is 0.917. The zero-order valence-corrected chi connectivity index (χ0v) is 30.6. The number of carbonyl (C=O) groups is 3. The van der Waals surface area contributed by atoms with E-state index in [2.05, 4.69) is 41.5 Å². The van der Waals surface area contributed by atoms with Gasteiger partial charge in [-0.15, -0.1) is 0 Å². The van der Waals surface area contributed by atoms with E-state index in [0.29, 0.717) is 0 Å². The molecule has 0 heterocycles. The number of hydrogen-bond donors (Lipinski definition) is 0. The van der Waals surface area contributed by atoms with Crippen LogP contribution in [0.5, 0.6) is 0 Å². The van der Waals surface area contributed by atoms with Crippen molar-refractivity contribution in [3.8, 4) is 0 Å². The molecule has 0 bridgehead atoms. The van der Waals surface area contributed by atoms with Crippen LogP contribution in [0.1, 0.15) is 178 Å². The predicted octanol–water partition coefficient (Wildman–Crippen LogP) is 7.10. The van der Waals surface area contributed by atoms with Crippen molar-refractivity contribution in [2.75, 3.05) is 0 Å². The number of rotatable bonds is 24. The second-order valence-corrected chi connectivity index (χ2v) is 12.6. The van der Waals surface area contributed by atoms with Gasteiger partial charge in [-0.05, 0) is 37.0 Å². The van der Waals surface area contributed by atoms with Gasteiger partial charge in [0.05, 0.1) is 0 Å². The van der Waals surface area contributed by atoms with Crippen LogP contribution < -0.4 is 15.3 Å². The van der Waals surface area contributed by atoms with Crippen molar-refractivity contribution in [3.05, 3.63) is 0 Å². The minimum Gasteiger partial charge on any atom is -0.550 e. The van der Waals surface area contributed by atoms with Crippen LogP contribution in [0.3, 0.4) is 0 Å². The van der Waals surface area contributed by atoms with Crippen LogP contribution in [0.15, 0.2) is 0 Å². The first-order chi connectivity index (χ1) is 19.9. The molecule has 7 heteroatoms. The second kappa shape index (κ2) is 33.8. The molecule has 0 amide bonds. The minimum atomic E-state index is -0.859. The summed E-state index contributed by atoms with van der Waals surface area (Å²) in [6.07, 6.45) is 18.3. The van der Waals surface area contributed by atoms with E-state index >= 15 is 0 Å². The Morgan fingerprint density at radius 2 is 0.558 bits per heavy atom. The third kappa shape index (κ3) is 28.2. The normalized spacial score (nSPS) is 14.7. The molecule has 0 aliphatic rings. The van der Waals surface area contributed by atoms with Gasteiger partial charge in [0, 0.05) is 35.7 Å². The van der Waals surface area contributed by atoms with Gasteiger partial charge in [0.2, 0.25) is 0 Å². The quantitative estimate of drug-likeness (QED) is 0.102. The van der Waals surface area contributed by atoms with Gasteiger partial charge in [0.25, 0.3) is 0 Å². The number of carboxylic acids is 3. The fourth-order valence-corrected chi connectivity index (χ4v) is 5.36. The van der Waals surface area contributed by atoms with Crippen LogP contribution in [-0.2, 0) is 31.5 Å². The molecule has 0 spiro atoms. The molecule has 6 nitrogen and oxygen atoms in total. The molecule has 0 fully saturated rings. The number of carboxylic acid groups (broad SMARTS) is 3. The Labute approximate surface area is 277 Å². The molecular weight excluding hydrogens is 584 g/mol. The molecule has 0 aromatic rings. The van der Waals surface area contributed by atoms with Crippen molar-refractivity contribution in [3.63, 3.8) is 0 Å². The van der Waals surface area contributed by atoms with Crippen molar-refractivity contribution in [2.45, 2.75) is 178 Å². The Bertz CT molecular complexity index is 556. The number of aliphatic carboxylic acids is 3. The number of carbonyl (C=O) groups excluding carboxylic acids is 3. The van der Waals surface area contributed by atoms with Crippen molar-refractivity contribution in [1.29, 1.82) is 0 Å². The SMILES string of the molecule is CCCCC(C)C(CCCC)C(=O)[O-].CCCCC(C)C(CCCC)C(=O)[O-].CCCCC(C)C(CCCC)C(=O)[O-].[Fe+3]. The molecule has 0 N–H and O–H groups in total. The molecule has 0 aromatic carbocycles. The first-order valence-electron chi connectivity index (χ1n) is 17.5. The van der Waals surface area contributed by atoms with Gasteiger partial charge >= 0.3 is 17.1 Å². The van der Waals surface area contributed by atoms with Crippen LogP contribution in [0, 0.1) is 35.5 Å². The van der Waals surface area contributed by atoms with Gasteiger partial charge in [-0.25, -0.2) is 0 Å². The Balaban J connectivity index is -0.000000262. The van der Waals surface area contributed by atoms with Crippen LogP contribution in [0.4, 0.5) is 0 Å². The summed E-state index contributed by atoms with van der Waals surface area (Å²) in [6.45, 7) is 18.8. The van der Waals surface area contributed by atoms with E-state index in [0.717, 1.165) is 116 Å². The largest absolute Gasteiger partial charge is 3.00 e. The third-order valence-electron chi connectivity index (χ3n) is 8.61. The van der Waals surface area contributed by atoms with E-state index in [9.17, 15) is 29.7 Å². The van der Waals surface area contributed by atoms with Crippen molar-refractivity contribution < 1.29 is 46.8 Å². The molecule has 1 radical (unpaired) electrons. The van der Waals surface area contributed by atoms with Crippen LogP contribution >= 0.6 is 0 Å². The van der Waals surface area contributed by atoms with Crippen molar-refractivity contribution in [2.24, 2.45) is 35.5 Å². The summed E-state index contributed by atoms with van der Waals surface area (Å²) in [5, 5.41) is 32.7. The van der Waals surface area contributed by atoms with Crippen molar-refractivity contribution >= 4 is 17.9 Å². The van der Waals surface area contributed by atoms with Crippen LogP contribution in [0.25, 0.3) is 0 Å². The maximum absolute atomic E-state index is 10.9. The van der Waals surface area contributed by atoms with E-state index in [-0.39, 0.29) is 52.6 Å². The second-order valence-electron chi connectivity index (χ2n) is 12.6. The standard InChI is InChI=1S/3C12H24O2.Fe/c3*1-4-6-8-10(3)11(12(13)14)9-7-5-2;/h3*10-11H,4-9H2,1-3H3,(H,13,14);/q;;;+3/p-3. The van der Waals surface area contributed by atoms with E-state index in [4.69, 9.17) is 0 Å². The van der Waals surface area contributed by atoms with E-state index < -0.39 is 17.9 Å². The smallest absolute Gasteiger partial charge is 0.550 e. The molecule has 6 atom stereocenters. The molecular formula is C36H69FeO6. The summed E-state index contributed by atoms with van der Waals surface area (Å²) >= 11 is 0. The summed E-state index contributed by atoms with van der Waals surface area (Å²) in [4.78, 5) is 32.7. The summed E-state index contributed by atoms with van der Waals surface area (Å²) < 4.78 is 0. The van der Waals surface area contributed by atoms with E-state index in [1.807, 2.05) is 20.8 Å². The molecule has 43 heavy (non-hydrogen) atoms. The Morgan fingerprint density at radius 1 is 0.395 bits per heavy atom. The van der Waals surface area contributed by atoms with Crippen LogP contribution in [-0.4, -0.2) is 17.9 Å². The summed E-state index contributed by atoms with van der Waals surface area (Å²) in [6, 6.07) is 0. The Hall–Kier alpha value is -1.07. The average Bonchev–Trinajstić information content (AvgIpc) is 2.94. The maximum Gasteiger partial charge on any atom is 3.00 e. The summed E-state index contributed by atoms with van der Waals surface area (Å²) in [5.74, 6) is -2.47.